The summed E-state index contributed by atoms with van der Waals surface area (Å²) in [5, 5.41) is 9.41. The molecule has 0 aliphatic carbocycles. The van der Waals surface area contributed by atoms with Crippen LogP contribution in [-0.4, -0.2) is 28.6 Å². The molecule has 0 spiro atoms. The van der Waals surface area contributed by atoms with Gasteiger partial charge >= 0.3 is 28.6 Å². The lowest BCUT2D eigenvalue weighted by Gasteiger charge is -2.27. The molecular weight excluding hydrogens is 673 g/mol. The summed E-state index contributed by atoms with van der Waals surface area (Å²) in [4.78, 5) is 29.7. The molecule has 0 bridgehead atoms. The van der Waals surface area contributed by atoms with Crippen LogP contribution in [0.25, 0.3) is 32.7 Å². The minimum absolute atomic E-state index is 0.377. The van der Waals surface area contributed by atoms with Crippen LogP contribution in [-0.2, 0) is 8.85 Å². The van der Waals surface area contributed by atoms with Crippen LogP contribution in [0.2, 0.25) is 0 Å². The number of benzene rings is 8. The maximum atomic E-state index is 14.9. The van der Waals surface area contributed by atoms with Gasteiger partial charge in [0.2, 0.25) is 0 Å². The van der Waals surface area contributed by atoms with Crippen LogP contribution in [0.5, 0.6) is 0 Å². The van der Waals surface area contributed by atoms with Gasteiger partial charge in [0.15, 0.2) is 0 Å². The van der Waals surface area contributed by atoms with Crippen LogP contribution in [0.15, 0.2) is 182 Å². The highest BCUT2D eigenvalue weighted by Crippen LogP contribution is 2.43. The standard InChI is InChI=1S/C46H30O4Si2/c47-45-43-39(51(49-45,33-19-5-1-6-20-33)34-21-7-2-8-22-34)29-31-17-13-15-27-37(31)41(43)42-38-28-16-14-18-32(38)30-40-44(42)46(48)50-52(40,35-23-9-3-10-24-35)36-25-11-4-12-26-36/h1-30H. The lowest BCUT2D eigenvalue weighted by molar-refractivity contribution is 0.0736. The van der Waals surface area contributed by atoms with Crippen LogP contribution in [0.4, 0.5) is 0 Å². The van der Waals surface area contributed by atoms with E-state index in [-0.39, 0.29) is 11.9 Å². The zero-order valence-corrected chi connectivity index (χ0v) is 30.0. The van der Waals surface area contributed by atoms with E-state index in [1.165, 1.54) is 0 Å². The Kier molecular flexibility index (Phi) is 6.80. The number of hydrogen-bond acceptors (Lipinski definition) is 4. The largest absolute Gasteiger partial charge is 0.502 e. The Labute approximate surface area is 302 Å². The SMILES string of the molecule is O=C1O[Si](c2ccccc2)(c2ccccc2)c2cc3ccccc3c(-c3c4c(cc5ccccc35)[Si](c3ccccc3)(c3ccccc3)OC4=O)c21. The van der Waals surface area contributed by atoms with Gasteiger partial charge in [-0.1, -0.05) is 182 Å². The van der Waals surface area contributed by atoms with E-state index in [9.17, 15) is 9.59 Å². The van der Waals surface area contributed by atoms with Gasteiger partial charge < -0.3 is 8.85 Å². The fourth-order valence-electron chi connectivity index (χ4n) is 8.57. The molecule has 52 heavy (non-hydrogen) atoms. The molecule has 2 heterocycles. The molecule has 0 radical (unpaired) electrons. The maximum Gasteiger partial charge on any atom is 0.351 e. The van der Waals surface area contributed by atoms with Crippen molar-refractivity contribution in [2.45, 2.75) is 0 Å². The van der Waals surface area contributed by atoms with Gasteiger partial charge in [0.05, 0.1) is 11.1 Å². The summed E-state index contributed by atoms with van der Waals surface area (Å²) in [5.74, 6) is -0.754. The van der Waals surface area contributed by atoms with Crippen LogP contribution in [0, 0.1) is 0 Å². The molecule has 0 amide bonds. The maximum absolute atomic E-state index is 14.9. The number of rotatable bonds is 5. The van der Waals surface area contributed by atoms with Crippen LogP contribution >= 0.6 is 0 Å². The molecule has 8 aromatic rings. The Balaban J connectivity index is 1.39. The summed E-state index contributed by atoms with van der Waals surface area (Å²) in [6.07, 6.45) is 0. The lowest BCUT2D eigenvalue weighted by Crippen LogP contribution is -2.67. The average Bonchev–Trinajstić information content (AvgIpc) is 3.68. The monoisotopic (exact) mass is 702 g/mol. The van der Waals surface area contributed by atoms with Gasteiger partial charge in [0.1, 0.15) is 0 Å². The van der Waals surface area contributed by atoms with Gasteiger partial charge in [0.25, 0.3) is 0 Å². The summed E-state index contributed by atoms with van der Waals surface area (Å²) >= 11 is 0. The number of hydrogen-bond donors (Lipinski definition) is 0. The van der Waals surface area contributed by atoms with E-state index >= 15 is 0 Å². The molecule has 0 unspecified atom stereocenters. The zero-order chi connectivity index (χ0) is 34.9. The molecule has 2 aliphatic rings. The highest BCUT2D eigenvalue weighted by Gasteiger charge is 2.56. The molecule has 0 N–H and O–H groups in total. The second-order valence-corrected chi connectivity index (χ2v) is 19.9. The van der Waals surface area contributed by atoms with Crippen LogP contribution in [0.1, 0.15) is 20.7 Å². The molecule has 246 valence electrons. The van der Waals surface area contributed by atoms with E-state index in [2.05, 4.69) is 84.9 Å². The fraction of sp³-hybridized carbons (Fsp3) is 0. The van der Waals surface area contributed by atoms with Gasteiger partial charge in [0, 0.05) is 21.5 Å². The Morgan fingerprint density at radius 1 is 0.327 bits per heavy atom. The topological polar surface area (TPSA) is 52.6 Å². The van der Waals surface area contributed by atoms with E-state index in [0.717, 1.165) is 63.8 Å². The molecule has 2 aliphatic heterocycles. The Morgan fingerprint density at radius 3 is 0.942 bits per heavy atom. The third-order valence-electron chi connectivity index (χ3n) is 10.7. The zero-order valence-electron chi connectivity index (χ0n) is 28.0. The van der Waals surface area contributed by atoms with Crippen LogP contribution in [0.3, 0.4) is 0 Å². The van der Waals surface area contributed by atoms with Gasteiger partial charge in [-0.3, -0.25) is 0 Å². The van der Waals surface area contributed by atoms with Crippen molar-refractivity contribution in [3.05, 3.63) is 193 Å². The predicted molar refractivity (Wildman–Crippen MR) is 213 cm³/mol. The quantitative estimate of drug-likeness (QED) is 0.209. The van der Waals surface area contributed by atoms with Crippen molar-refractivity contribution in [1.82, 2.24) is 0 Å². The second kappa shape index (κ2) is 11.6. The van der Waals surface area contributed by atoms with Crippen molar-refractivity contribution >= 4 is 81.2 Å². The van der Waals surface area contributed by atoms with Gasteiger partial charge in [-0.25, -0.2) is 9.59 Å². The van der Waals surface area contributed by atoms with E-state index in [1.807, 2.05) is 97.1 Å². The van der Waals surface area contributed by atoms with Crippen molar-refractivity contribution < 1.29 is 18.4 Å². The molecule has 8 aromatic carbocycles. The predicted octanol–water partition coefficient (Wildman–Crippen LogP) is 5.93. The number of carbonyl (C=O) groups is 2. The molecule has 0 saturated heterocycles. The minimum Gasteiger partial charge on any atom is -0.502 e. The van der Waals surface area contributed by atoms with Crippen molar-refractivity contribution in [3.63, 3.8) is 0 Å². The molecule has 0 aromatic heterocycles. The molecule has 4 nitrogen and oxygen atoms in total. The van der Waals surface area contributed by atoms with Gasteiger partial charge in [-0.05, 0) is 42.3 Å². The number of carbonyl (C=O) groups excluding carboxylic acids is 2. The first-order valence-electron chi connectivity index (χ1n) is 17.4. The van der Waals surface area contributed by atoms with Crippen molar-refractivity contribution in [2.24, 2.45) is 0 Å². The van der Waals surface area contributed by atoms with Gasteiger partial charge in [-0.2, -0.15) is 0 Å². The molecule has 0 fully saturated rings. The van der Waals surface area contributed by atoms with Crippen molar-refractivity contribution in [1.29, 1.82) is 0 Å². The Bertz CT molecular complexity index is 2450. The highest BCUT2D eigenvalue weighted by molar-refractivity contribution is 7.10. The summed E-state index contributed by atoms with van der Waals surface area (Å²) in [5.41, 5.74) is 2.47. The average molecular weight is 703 g/mol. The molecular formula is C46H30O4Si2. The first kappa shape index (κ1) is 30.5. The summed E-state index contributed by atoms with van der Waals surface area (Å²) < 4.78 is 13.7. The van der Waals surface area contributed by atoms with E-state index in [1.54, 1.807) is 0 Å². The van der Waals surface area contributed by atoms with Gasteiger partial charge in [-0.15, -0.1) is 0 Å². The lowest BCUT2D eigenvalue weighted by atomic mass is 9.87. The third kappa shape index (κ3) is 4.19. The minimum atomic E-state index is -3.35. The second-order valence-electron chi connectivity index (χ2n) is 13.4. The third-order valence-corrected chi connectivity index (χ3v) is 18.6. The number of fused-ring (bicyclic) bond motifs is 4. The Morgan fingerprint density at radius 2 is 0.615 bits per heavy atom. The normalized spacial score (nSPS) is 15.2. The molecule has 10 rings (SSSR count). The smallest absolute Gasteiger partial charge is 0.351 e. The summed E-state index contributed by atoms with van der Waals surface area (Å²) in [6, 6.07) is 61.2. The van der Waals surface area contributed by atoms with E-state index in [0.29, 0.717) is 11.1 Å². The Hall–Kier alpha value is -6.35. The van der Waals surface area contributed by atoms with E-state index in [4.69, 9.17) is 8.85 Å². The van der Waals surface area contributed by atoms with Crippen molar-refractivity contribution in [2.75, 3.05) is 0 Å². The molecule has 0 saturated carbocycles. The molecule has 6 heteroatoms. The first-order chi connectivity index (χ1) is 25.6. The summed E-state index contributed by atoms with van der Waals surface area (Å²) in [6.45, 7) is 0. The fourth-order valence-corrected chi connectivity index (χ4v) is 16.5. The van der Waals surface area contributed by atoms with E-state index < -0.39 is 16.6 Å². The summed E-state index contributed by atoms with van der Waals surface area (Å²) in [7, 11) is -6.70. The highest BCUT2D eigenvalue weighted by atomic mass is 28.4. The molecule has 0 atom stereocenters. The van der Waals surface area contributed by atoms with Crippen LogP contribution < -0.4 is 31.1 Å². The van der Waals surface area contributed by atoms with Crippen molar-refractivity contribution in [3.8, 4) is 11.1 Å². The first-order valence-corrected chi connectivity index (χ1v) is 21.2.